The number of allylic oxidation sites excluding steroid dienone is 12. The Morgan fingerprint density at radius 1 is 0.403 bits per heavy atom. The first-order valence-electron chi connectivity index (χ1n) is 28.8. The topological polar surface area (TPSA) is 155 Å². The Morgan fingerprint density at radius 2 is 0.750 bits per heavy atom. The van der Waals surface area contributed by atoms with Gasteiger partial charge in [-0.2, -0.15) is 0 Å². The summed E-state index contributed by atoms with van der Waals surface area (Å²) >= 11 is 0. The van der Waals surface area contributed by atoms with Gasteiger partial charge in [0.05, 0.1) is 19.8 Å². The summed E-state index contributed by atoms with van der Waals surface area (Å²) in [5.41, 5.74) is 0. The van der Waals surface area contributed by atoms with Crippen LogP contribution >= 0.6 is 7.82 Å². The summed E-state index contributed by atoms with van der Waals surface area (Å²) in [5.74, 6) is -1.50. The molecule has 0 saturated heterocycles. The number of rotatable bonds is 53. The normalized spacial score (nSPS) is 13.9. The van der Waals surface area contributed by atoms with E-state index >= 15 is 0 Å². The Kier molecular flexibility index (Phi) is 51.9. The molecule has 2 N–H and O–H groups in total. The fraction of sp³-hybridized carbons (Fsp3) is 0.750. The van der Waals surface area contributed by atoms with Crippen molar-refractivity contribution >= 4 is 25.7 Å². The Hall–Kier alpha value is -3.08. The molecule has 0 rings (SSSR count). The van der Waals surface area contributed by atoms with Gasteiger partial charge in [-0.15, -0.1) is 0 Å². The summed E-state index contributed by atoms with van der Waals surface area (Å²) in [5, 5.41) is 9.81. The van der Waals surface area contributed by atoms with Crippen LogP contribution in [0.3, 0.4) is 0 Å². The van der Waals surface area contributed by atoms with Crippen molar-refractivity contribution in [3.05, 3.63) is 72.9 Å². The minimum atomic E-state index is -4.76. The van der Waals surface area contributed by atoms with E-state index in [1.807, 2.05) is 0 Å². The number of esters is 3. The molecule has 0 saturated carbocycles. The number of unbranched alkanes of at least 4 members (excludes halogenated alkanes) is 24. The third kappa shape index (κ3) is 51.8. The highest BCUT2D eigenvalue weighted by Crippen LogP contribution is 2.43. The van der Waals surface area contributed by atoms with Crippen LogP contribution in [0.2, 0.25) is 0 Å². The molecule has 0 aromatic carbocycles. The Morgan fingerprint density at radius 3 is 1.17 bits per heavy atom. The lowest BCUT2D eigenvalue weighted by molar-refractivity contribution is -0.161. The standard InChI is InChI=1S/C60H105O11P/c1-4-7-10-13-16-19-22-25-27-28-30-33-36-39-42-45-48-51-60(64)71-57(53-67-58(62)49-46-43-40-37-34-31-24-21-18-15-12-9-6-3)55-69-72(65,66)68-54-56(52-61)70-59(63)50-47-44-41-38-35-32-29-26-23-20-17-14-11-8-5-2/h7,10,12,15-16,19,21,24-25,27,30,33,56-57,61H,4-6,8-9,11,13-14,17-18,20,22-23,26,28-29,31-32,34-55H2,1-3H3,(H,65,66)/b10-7-,15-12-,19-16-,24-21-,27-25-,33-30-. The number of hydrogen-bond donors (Lipinski definition) is 2. The highest BCUT2D eigenvalue weighted by molar-refractivity contribution is 7.47. The van der Waals surface area contributed by atoms with Crippen molar-refractivity contribution in [3.8, 4) is 0 Å². The van der Waals surface area contributed by atoms with Gasteiger partial charge in [0.2, 0.25) is 0 Å². The van der Waals surface area contributed by atoms with Crippen molar-refractivity contribution in [1.29, 1.82) is 0 Å². The highest BCUT2D eigenvalue weighted by Gasteiger charge is 2.28. The summed E-state index contributed by atoms with van der Waals surface area (Å²) < 4.78 is 39.5. The molecule has 0 spiro atoms. The first kappa shape index (κ1) is 68.9. The number of ether oxygens (including phenoxy) is 3. The predicted molar refractivity (Wildman–Crippen MR) is 298 cm³/mol. The summed E-state index contributed by atoms with van der Waals surface area (Å²) in [6.45, 7) is 4.44. The van der Waals surface area contributed by atoms with E-state index in [0.29, 0.717) is 19.3 Å². The van der Waals surface area contributed by atoms with Crippen molar-refractivity contribution in [2.75, 3.05) is 26.4 Å². The molecule has 0 aliphatic rings. The summed E-state index contributed by atoms with van der Waals surface area (Å²) in [7, 11) is -4.76. The van der Waals surface area contributed by atoms with E-state index in [-0.39, 0.29) is 25.9 Å². The molecule has 3 unspecified atom stereocenters. The van der Waals surface area contributed by atoms with Gasteiger partial charge in [0, 0.05) is 19.3 Å². The van der Waals surface area contributed by atoms with Crippen molar-refractivity contribution in [2.24, 2.45) is 0 Å². The number of phosphoric acid groups is 1. The molecule has 11 nitrogen and oxygen atoms in total. The lowest BCUT2D eigenvalue weighted by Gasteiger charge is -2.21. The van der Waals surface area contributed by atoms with Crippen molar-refractivity contribution in [2.45, 2.75) is 264 Å². The lowest BCUT2D eigenvalue weighted by Crippen LogP contribution is -2.30. The van der Waals surface area contributed by atoms with E-state index < -0.39 is 57.8 Å². The predicted octanol–water partition coefficient (Wildman–Crippen LogP) is 16.9. The second kappa shape index (κ2) is 54.2. The maximum Gasteiger partial charge on any atom is 0.472 e. The average molecular weight is 1030 g/mol. The van der Waals surface area contributed by atoms with Gasteiger partial charge in [-0.1, -0.05) is 222 Å². The van der Waals surface area contributed by atoms with E-state index in [0.717, 1.165) is 116 Å². The zero-order valence-electron chi connectivity index (χ0n) is 45.9. The summed E-state index contributed by atoms with van der Waals surface area (Å²) in [4.78, 5) is 48.5. The van der Waals surface area contributed by atoms with Crippen LogP contribution in [0.1, 0.15) is 252 Å². The van der Waals surface area contributed by atoms with Crippen molar-refractivity contribution in [1.82, 2.24) is 0 Å². The van der Waals surface area contributed by atoms with Crippen LogP contribution in [0.25, 0.3) is 0 Å². The number of carbonyl (C=O) groups is 3. The maximum absolute atomic E-state index is 12.9. The smallest absolute Gasteiger partial charge is 0.462 e. The van der Waals surface area contributed by atoms with E-state index in [1.165, 1.54) is 77.0 Å². The molecule has 0 heterocycles. The first-order chi connectivity index (χ1) is 35.2. The van der Waals surface area contributed by atoms with Gasteiger partial charge in [-0.25, -0.2) is 4.57 Å². The molecule has 0 amide bonds. The van der Waals surface area contributed by atoms with E-state index in [4.69, 9.17) is 23.3 Å². The van der Waals surface area contributed by atoms with Crippen LogP contribution < -0.4 is 0 Å². The van der Waals surface area contributed by atoms with Crippen LogP contribution in [-0.4, -0.2) is 66.5 Å². The highest BCUT2D eigenvalue weighted by atomic mass is 31.2. The van der Waals surface area contributed by atoms with Crippen molar-refractivity contribution in [3.63, 3.8) is 0 Å². The van der Waals surface area contributed by atoms with Gasteiger partial charge >= 0.3 is 25.7 Å². The molecule has 12 heteroatoms. The lowest BCUT2D eigenvalue weighted by atomic mass is 10.0. The summed E-state index contributed by atoms with van der Waals surface area (Å²) in [6.07, 6.45) is 60.0. The molecule has 0 aliphatic heterocycles. The van der Waals surface area contributed by atoms with Gasteiger partial charge in [-0.05, 0) is 83.5 Å². The minimum Gasteiger partial charge on any atom is -0.462 e. The number of phosphoric ester groups is 1. The molecule has 0 aromatic rings. The third-order valence-corrected chi connectivity index (χ3v) is 13.0. The average Bonchev–Trinajstić information content (AvgIpc) is 3.37. The third-order valence-electron chi connectivity index (χ3n) is 12.1. The van der Waals surface area contributed by atoms with Crippen molar-refractivity contribution < 1.29 is 52.2 Å². The molecule has 0 aromatic heterocycles. The van der Waals surface area contributed by atoms with Gasteiger partial charge in [-0.3, -0.25) is 23.4 Å². The van der Waals surface area contributed by atoms with Gasteiger partial charge in [0.25, 0.3) is 0 Å². The second-order valence-corrected chi connectivity index (χ2v) is 20.5. The number of aliphatic hydroxyl groups is 1. The number of carbonyl (C=O) groups excluding carboxylic acids is 3. The largest absolute Gasteiger partial charge is 0.472 e. The fourth-order valence-corrected chi connectivity index (χ4v) is 8.52. The minimum absolute atomic E-state index is 0.135. The van der Waals surface area contributed by atoms with Gasteiger partial charge < -0.3 is 24.2 Å². The van der Waals surface area contributed by atoms with Gasteiger partial charge in [0.1, 0.15) is 12.7 Å². The monoisotopic (exact) mass is 1030 g/mol. The number of aliphatic hydroxyl groups excluding tert-OH is 1. The molecular formula is C60H105O11P. The Labute approximate surface area is 439 Å². The molecular weight excluding hydrogens is 928 g/mol. The van der Waals surface area contributed by atoms with Crippen LogP contribution in [-0.2, 0) is 42.2 Å². The molecule has 0 aliphatic carbocycles. The first-order valence-corrected chi connectivity index (χ1v) is 30.3. The molecule has 3 atom stereocenters. The Bertz CT molecular complexity index is 1490. The molecule has 0 radical (unpaired) electrons. The quantitative estimate of drug-likeness (QED) is 0.0197. The van der Waals surface area contributed by atoms with E-state index in [9.17, 15) is 28.9 Å². The van der Waals surface area contributed by atoms with Crippen LogP contribution in [0, 0.1) is 0 Å². The van der Waals surface area contributed by atoms with E-state index in [2.05, 4.69) is 93.7 Å². The van der Waals surface area contributed by atoms with Crippen LogP contribution in [0.5, 0.6) is 0 Å². The second-order valence-electron chi connectivity index (χ2n) is 19.1. The molecule has 416 valence electrons. The van der Waals surface area contributed by atoms with Gasteiger partial charge in [0.15, 0.2) is 6.10 Å². The summed E-state index contributed by atoms with van der Waals surface area (Å²) in [6, 6.07) is 0. The van der Waals surface area contributed by atoms with Crippen LogP contribution in [0.15, 0.2) is 72.9 Å². The zero-order chi connectivity index (χ0) is 52.7. The Balaban J connectivity index is 4.75. The molecule has 72 heavy (non-hydrogen) atoms. The maximum atomic E-state index is 12.9. The van der Waals surface area contributed by atoms with E-state index in [1.54, 1.807) is 0 Å². The number of hydrogen-bond acceptors (Lipinski definition) is 10. The SMILES string of the molecule is CC/C=C\C/C=C\C/C=C\C/C=C\CCCCCCC(=O)OC(COC(=O)CCCCCCC/C=C\C/C=C\CCC)COP(=O)(O)OCC(CO)OC(=O)CCCCCCCCCCCCCCCCC. The molecule has 0 bridgehead atoms. The molecule has 0 fully saturated rings. The zero-order valence-corrected chi connectivity index (χ0v) is 46.8. The fourth-order valence-electron chi connectivity index (χ4n) is 7.74. The van der Waals surface area contributed by atoms with Crippen LogP contribution in [0.4, 0.5) is 0 Å².